The molecule has 2 rings (SSSR count). The van der Waals surface area contributed by atoms with Gasteiger partial charge in [-0.15, -0.1) is 0 Å². The summed E-state index contributed by atoms with van der Waals surface area (Å²) >= 11 is 0. The molecule has 0 aromatic heterocycles. The van der Waals surface area contributed by atoms with Gasteiger partial charge in [-0.05, 0) is 36.8 Å². The van der Waals surface area contributed by atoms with E-state index in [-0.39, 0.29) is 11.3 Å². The summed E-state index contributed by atoms with van der Waals surface area (Å²) in [5.74, 6) is -0.261. The van der Waals surface area contributed by atoms with E-state index in [1.165, 1.54) is 19.2 Å². The SMILES string of the molecule is COc1cccc(C(=O)c2ccc(C)cc2F)c1. The molecule has 0 N–H and O–H groups in total. The molecule has 92 valence electrons. The lowest BCUT2D eigenvalue weighted by Gasteiger charge is -2.05. The fourth-order valence-corrected chi connectivity index (χ4v) is 1.72. The Morgan fingerprint density at radius 3 is 2.61 bits per heavy atom. The average molecular weight is 244 g/mol. The topological polar surface area (TPSA) is 26.3 Å². The highest BCUT2D eigenvalue weighted by Crippen LogP contribution is 2.18. The minimum absolute atomic E-state index is 0.0776. The van der Waals surface area contributed by atoms with E-state index < -0.39 is 5.82 Å². The number of aryl methyl sites for hydroxylation is 1. The normalized spacial score (nSPS) is 10.2. The summed E-state index contributed by atoms with van der Waals surface area (Å²) in [5, 5.41) is 0. The van der Waals surface area contributed by atoms with Crippen molar-refractivity contribution in [2.45, 2.75) is 6.92 Å². The molecule has 0 aliphatic carbocycles. The Labute approximate surface area is 105 Å². The first-order valence-corrected chi connectivity index (χ1v) is 5.56. The number of ether oxygens (including phenoxy) is 1. The largest absolute Gasteiger partial charge is 0.497 e. The summed E-state index contributed by atoms with van der Waals surface area (Å²) in [6.45, 7) is 1.78. The van der Waals surface area contributed by atoms with Crippen LogP contribution in [0.15, 0.2) is 42.5 Å². The third-order valence-electron chi connectivity index (χ3n) is 2.70. The van der Waals surface area contributed by atoms with Gasteiger partial charge in [0.25, 0.3) is 0 Å². The standard InChI is InChI=1S/C15H13FO2/c1-10-6-7-13(14(16)8-10)15(17)11-4-3-5-12(9-11)18-2/h3-9H,1-2H3. The van der Waals surface area contributed by atoms with E-state index in [9.17, 15) is 9.18 Å². The van der Waals surface area contributed by atoms with Crippen LogP contribution in [-0.2, 0) is 0 Å². The molecular weight excluding hydrogens is 231 g/mol. The molecule has 0 aliphatic heterocycles. The number of halogens is 1. The van der Waals surface area contributed by atoms with Crippen LogP contribution in [0.5, 0.6) is 5.75 Å². The van der Waals surface area contributed by atoms with E-state index in [0.29, 0.717) is 11.3 Å². The second-order valence-electron chi connectivity index (χ2n) is 4.04. The van der Waals surface area contributed by atoms with Gasteiger partial charge in [0.2, 0.25) is 0 Å². The van der Waals surface area contributed by atoms with Gasteiger partial charge in [-0.3, -0.25) is 4.79 Å². The zero-order chi connectivity index (χ0) is 13.1. The predicted molar refractivity (Wildman–Crippen MR) is 67.6 cm³/mol. The first-order chi connectivity index (χ1) is 8.61. The Hall–Kier alpha value is -2.16. The molecule has 0 amide bonds. The number of carbonyl (C=O) groups is 1. The first kappa shape index (κ1) is 12.3. The van der Waals surface area contributed by atoms with Crippen LogP contribution in [-0.4, -0.2) is 12.9 Å². The highest BCUT2D eigenvalue weighted by atomic mass is 19.1. The van der Waals surface area contributed by atoms with Gasteiger partial charge in [0, 0.05) is 5.56 Å². The van der Waals surface area contributed by atoms with E-state index in [0.717, 1.165) is 5.56 Å². The summed E-state index contributed by atoms with van der Waals surface area (Å²) in [5.41, 5.74) is 1.28. The number of benzene rings is 2. The molecule has 2 aromatic carbocycles. The second kappa shape index (κ2) is 5.00. The van der Waals surface area contributed by atoms with Crippen LogP contribution in [0.3, 0.4) is 0 Å². The second-order valence-corrected chi connectivity index (χ2v) is 4.04. The number of hydrogen-bond donors (Lipinski definition) is 0. The number of methoxy groups -OCH3 is 1. The minimum Gasteiger partial charge on any atom is -0.497 e. The molecular formula is C15H13FO2. The van der Waals surface area contributed by atoms with Crippen molar-refractivity contribution in [2.75, 3.05) is 7.11 Å². The maximum Gasteiger partial charge on any atom is 0.196 e. The Balaban J connectivity index is 2.41. The monoisotopic (exact) mass is 244 g/mol. The quantitative estimate of drug-likeness (QED) is 0.774. The third-order valence-corrected chi connectivity index (χ3v) is 2.70. The van der Waals surface area contributed by atoms with Gasteiger partial charge < -0.3 is 4.74 Å². The fourth-order valence-electron chi connectivity index (χ4n) is 1.72. The van der Waals surface area contributed by atoms with E-state index in [4.69, 9.17) is 4.74 Å². The van der Waals surface area contributed by atoms with Crippen molar-refractivity contribution < 1.29 is 13.9 Å². The van der Waals surface area contributed by atoms with Crippen LogP contribution in [0.2, 0.25) is 0 Å². The van der Waals surface area contributed by atoms with Gasteiger partial charge in [-0.2, -0.15) is 0 Å². The zero-order valence-electron chi connectivity index (χ0n) is 10.2. The van der Waals surface area contributed by atoms with Crippen LogP contribution in [0.1, 0.15) is 21.5 Å². The molecule has 0 spiro atoms. The number of ketones is 1. The van der Waals surface area contributed by atoms with Crippen molar-refractivity contribution >= 4 is 5.78 Å². The number of hydrogen-bond acceptors (Lipinski definition) is 2. The molecule has 0 saturated heterocycles. The van der Waals surface area contributed by atoms with Crippen LogP contribution in [0, 0.1) is 12.7 Å². The molecule has 2 nitrogen and oxygen atoms in total. The molecule has 0 radical (unpaired) electrons. The number of rotatable bonds is 3. The van der Waals surface area contributed by atoms with Gasteiger partial charge in [0.05, 0.1) is 12.7 Å². The first-order valence-electron chi connectivity index (χ1n) is 5.56. The zero-order valence-corrected chi connectivity index (χ0v) is 10.2. The highest BCUT2D eigenvalue weighted by molar-refractivity contribution is 6.09. The minimum atomic E-state index is -0.497. The summed E-state index contributed by atoms with van der Waals surface area (Å²) in [6.07, 6.45) is 0. The van der Waals surface area contributed by atoms with Crippen molar-refractivity contribution in [3.63, 3.8) is 0 Å². The maximum absolute atomic E-state index is 13.7. The summed E-state index contributed by atoms with van der Waals surface area (Å²) in [6, 6.07) is 11.3. The fraction of sp³-hybridized carbons (Fsp3) is 0.133. The molecule has 0 saturated carbocycles. The highest BCUT2D eigenvalue weighted by Gasteiger charge is 2.14. The molecule has 18 heavy (non-hydrogen) atoms. The Kier molecular flexibility index (Phi) is 3.42. The van der Waals surface area contributed by atoms with E-state index in [1.807, 2.05) is 0 Å². The van der Waals surface area contributed by atoms with Crippen LogP contribution in [0.4, 0.5) is 4.39 Å². The van der Waals surface area contributed by atoms with Gasteiger partial charge in [0.15, 0.2) is 5.78 Å². The third kappa shape index (κ3) is 2.40. The summed E-state index contributed by atoms with van der Waals surface area (Å²) < 4.78 is 18.8. The molecule has 0 heterocycles. The Bertz CT molecular complexity index is 591. The van der Waals surface area contributed by atoms with Crippen molar-refractivity contribution in [1.29, 1.82) is 0 Å². The lowest BCUT2D eigenvalue weighted by Crippen LogP contribution is -2.04. The van der Waals surface area contributed by atoms with Gasteiger partial charge in [0.1, 0.15) is 11.6 Å². The molecule has 0 atom stereocenters. The Morgan fingerprint density at radius 1 is 1.17 bits per heavy atom. The van der Waals surface area contributed by atoms with Gasteiger partial charge in [-0.25, -0.2) is 4.39 Å². The maximum atomic E-state index is 13.7. The lowest BCUT2D eigenvalue weighted by atomic mass is 10.0. The number of carbonyl (C=O) groups excluding carboxylic acids is 1. The van der Waals surface area contributed by atoms with Gasteiger partial charge in [-0.1, -0.05) is 18.2 Å². The van der Waals surface area contributed by atoms with Crippen molar-refractivity contribution in [2.24, 2.45) is 0 Å². The van der Waals surface area contributed by atoms with Crippen molar-refractivity contribution in [3.05, 3.63) is 65.0 Å². The molecule has 0 unspecified atom stereocenters. The molecule has 0 bridgehead atoms. The molecule has 0 aliphatic rings. The Morgan fingerprint density at radius 2 is 1.94 bits per heavy atom. The van der Waals surface area contributed by atoms with Crippen molar-refractivity contribution in [1.82, 2.24) is 0 Å². The van der Waals surface area contributed by atoms with Gasteiger partial charge >= 0.3 is 0 Å². The molecule has 3 heteroatoms. The van der Waals surface area contributed by atoms with Crippen LogP contribution < -0.4 is 4.74 Å². The van der Waals surface area contributed by atoms with Crippen LogP contribution >= 0.6 is 0 Å². The van der Waals surface area contributed by atoms with Crippen molar-refractivity contribution in [3.8, 4) is 5.75 Å². The summed E-state index contributed by atoms with van der Waals surface area (Å²) in [4.78, 5) is 12.2. The molecule has 2 aromatic rings. The lowest BCUT2D eigenvalue weighted by molar-refractivity contribution is 0.103. The predicted octanol–water partition coefficient (Wildman–Crippen LogP) is 3.37. The summed E-state index contributed by atoms with van der Waals surface area (Å²) in [7, 11) is 1.52. The molecule has 0 fully saturated rings. The van der Waals surface area contributed by atoms with Crippen LogP contribution in [0.25, 0.3) is 0 Å². The smallest absolute Gasteiger partial charge is 0.196 e. The average Bonchev–Trinajstić information content (AvgIpc) is 2.38. The van der Waals surface area contributed by atoms with E-state index >= 15 is 0 Å². The van der Waals surface area contributed by atoms with E-state index in [1.54, 1.807) is 37.3 Å². The van der Waals surface area contributed by atoms with E-state index in [2.05, 4.69) is 0 Å².